The molecule has 1 aliphatic heterocycles. The van der Waals surface area contributed by atoms with Crippen molar-refractivity contribution in [3.63, 3.8) is 0 Å². The molecule has 3 rings (SSSR count). The molecule has 1 aromatic carbocycles. The van der Waals surface area contributed by atoms with Gasteiger partial charge in [0.25, 0.3) is 6.20 Å². The molecule has 0 aliphatic carbocycles. The Morgan fingerprint density at radius 1 is 1.35 bits per heavy atom. The van der Waals surface area contributed by atoms with Gasteiger partial charge in [0.2, 0.25) is 11.2 Å². The van der Waals surface area contributed by atoms with E-state index in [2.05, 4.69) is 10.6 Å². The van der Waals surface area contributed by atoms with Crippen LogP contribution in [0.4, 0.5) is 5.88 Å². The third-order valence-corrected chi connectivity index (χ3v) is 4.40. The first-order valence-corrected chi connectivity index (χ1v) is 8.40. The van der Waals surface area contributed by atoms with Crippen molar-refractivity contribution in [1.82, 2.24) is 5.27 Å². The molecular weight excluding hydrogens is 316 g/mol. The smallest absolute Gasteiger partial charge is 0.305 e. The molecule has 0 bridgehead atoms. The summed E-state index contributed by atoms with van der Waals surface area (Å²) in [6.45, 7) is 4.85. The second kappa shape index (κ2) is 7.47. The van der Waals surface area contributed by atoms with Gasteiger partial charge in [-0.25, -0.2) is 0 Å². The van der Waals surface area contributed by atoms with E-state index in [0.717, 1.165) is 18.0 Å². The maximum absolute atomic E-state index is 12.0. The third kappa shape index (κ3) is 4.46. The molecule has 1 saturated heterocycles. The summed E-state index contributed by atoms with van der Waals surface area (Å²) in [7, 11) is 0. The zero-order chi connectivity index (χ0) is 16.1. The largest absolute Gasteiger partial charge is 0.377 e. The number of anilines is 1. The summed E-state index contributed by atoms with van der Waals surface area (Å²) in [6.07, 6.45) is 1.67. The molecule has 122 valence electrons. The minimum atomic E-state index is -0.124. The number of rotatable bonds is 5. The molecule has 0 spiro atoms. The highest BCUT2D eigenvalue weighted by atomic mass is 32.2. The van der Waals surface area contributed by atoms with Crippen LogP contribution in [-0.4, -0.2) is 43.2 Å². The maximum Gasteiger partial charge on any atom is 0.305 e. The minimum Gasteiger partial charge on any atom is -0.377 e. The summed E-state index contributed by atoms with van der Waals surface area (Å²) in [6, 6.07) is 8.08. The molecule has 23 heavy (non-hydrogen) atoms. The summed E-state index contributed by atoms with van der Waals surface area (Å²) in [4.78, 5) is 14.6. The van der Waals surface area contributed by atoms with E-state index in [0.29, 0.717) is 24.9 Å². The summed E-state index contributed by atoms with van der Waals surface area (Å²) < 4.78 is 10.4. The van der Waals surface area contributed by atoms with Gasteiger partial charge in [0.15, 0.2) is 0 Å². The zero-order valence-corrected chi connectivity index (χ0v) is 13.7. The van der Waals surface area contributed by atoms with Gasteiger partial charge >= 0.3 is 5.88 Å². The number of amides is 1. The summed E-state index contributed by atoms with van der Waals surface area (Å²) in [5.74, 6) is 0.535. The molecule has 1 amide bonds. The van der Waals surface area contributed by atoms with Gasteiger partial charge in [0.1, 0.15) is 0 Å². The molecule has 0 atom stereocenters. The van der Waals surface area contributed by atoms with Crippen LogP contribution in [0.25, 0.3) is 0 Å². The second-order valence-electron chi connectivity index (χ2n) is 5.20. The number of carbonyl (C=O) groups excluding carboxylic acids is 1. The topological polar surface area (TPSA) is 71.5 Å². The van der Waals surface area contributed by atoms with E-state index in [4.69, 9.17) is 9.26 Å². The monoisotopic (exact) mass is 335 g/mol. The van der Waals surface area contributed by atoms with E-state index in [-0.39, 0.29) is 5.91 Å². The Morgan fingerprint density at radius 2 is 2.09 bits per heavy atom. The Bertz CT molecular complexity index is 653. The third-order valence-electron chi connectivity index (χ3n) is 3.39. The number of morpholine rings is 1. The first-order chi connectivity index (χ1) is 11.2. The number of ether oxygens (including phenoxy) is 1. The highest BCUT2D eigenvalue weighted by Crippen LogP contribution is 2.18. The average Bonchev–Trinajstić information content (AvgIpc) is 3.04. The SMILES string of the molecule is Cc1ccc(SCC(=O)Nc2c[n+](N3CCOCC3)no2)cc1. The van der Waals surface area contributed by atoms with E-state index < -0.39 is 0 Å². The van der Waals surface area contributed by atoms with Gasteiger partial charge in [0, 0.05) is 4.90 Å². The van der Waals surface area contributed by atoms with Crippen molar-refractivity contribution in [2.75, 3.05) is 42.4 Å². The Kier molecular flexibility index (Phi) is 5.14. The molecule has 0 radical (unpaired) electrons. The number of nitrogens with zero attached hydrogens (tertiary/aromatic N) is 3. The number of hydrogen-bond donors (Lipinski definition) is 1. The van der Waals surface area contributed by atoms with Crippen LogP contribution in [0.5, 0.6) is 0 Å². The van der Waals surface area contributed by atoms with Crippen molar-refractivity contribution >= 4 is 23.6 Å². The Hall–Kier alpha value is -2.06. The highest BCUT2D eigenvalue weighted by Gasteiger charge is 2.23. The van der Waals surface area contributed by atoms with Crippen LogP contribution >= 0.6 is 11.8 Å². The highest BCUT2D eigenvalue weighted by molar-refractivity contribution is 8.00. The van der Waals surface area contributed by atoms with Crippen molar-refractivity contribution in [2.45, 2.75) is 11.8 Å². The summed E-state index contributed by atoms with van der Waals surface area (Å²) in [5, 5.41) is 8.62. The molecule has 0 saturated carbocycles. The number of aromatic nitrogens is 2. The molecule has 1 aliphatic rings. The summed E-state index contributed by atoms with van der Waals surface area (Å²) in [5.41, 5.74) is 1.20. The fourth-order valence-corrected chi connectivity index (χ4v) is 2.84. The number of carbonyl (C=O) groups is 1. The van der Waals surface area contributed by atoms with Gasteiger partial charge in [-0.05, 0) is 19.1 Å². The molecule has 2 aromatic rings. The molecule has 0 unspecified atom stereocenters. The molecule has 1 fully saturated rings. The number of aryl methyl sites for hydroxylation is 1. The lowest BCUT2D eigenvalue weighted by atomic mass is 10.2. The predicted molar refractivity (Wildman–Crippen MR) is 86.0 cm³/mol. The number of thioether (sulfide) groups is 1. The lowest BCUT2D eigenvalue weighted by Crippen LogP contribution is -2.62. The standard InChI is InChI=1S/C15H18N4O3S/c1-12-2-4-13(5-3-12)23-11-14(20)16-15-10-19(17-22-15)18-6-8-21-9-7-18/h2-5,10H,6-9,11H2,1H3/p+1. The van der Waals surface area contributed by atoms with Crippen molar-refractivity contribution in [1.29, 1.82) is 0 Å². The van der Waals surface area contributed by atoms with E-state index in [1.54, 1.807) is 11.0 Å². The normalized spacial score (nSPS) is 14.7. The van der Waals surface area contributed by atoms with Gasteiger partial charge in [-0.3, -0.25) is 14.6 Å². The maximum atomic E-state index is 12.0. The number of benzene rings is 1. The second-order valence-corrected chi connectivity index (χ2v) is 6.25. The predicted octanol–water partition coefficient (Wildman–Crippen LogP) is 0.970. The fourth-order valence-electron chi connectivity index (χ4n) is 2.14. The van der Waals surface area contributed by atoms with Crippen molar-refractivity contribution in [2.24, 2.45) is 0 Å². The van der Waals surface area contributed by atoms with Crippen LogP contribution in [0.1, 0.15) is 5.56 Å². The van der Waals surface area contributed by atoms with Gasteiger partial charge in [-0.1, -0.05) is 17.7 Å². The lowest BCUT2D eigenvalue weighted by Gasteiger charge is -2.18. The van der Waals surface area contributed by atoms with Crippen LogP contribution in [0.3, 0.4) is 0 Å². The Morgan fingerprint density at radius 3 is 2.83 bits per heavy atom. The Balaban J connectivity index is 1.49. The van der Waals surface area contributed by atoms with Crippen LogP contribution < -0.4 is 15.1 Å². The van der Waals surface area contributed by atoms with Gasteiger partial charge < -0.3 is 4.74 Å². The Labute approximate surface area is 138 Å². The van der Waals surface area contributed by atoms with Crippen molar-refractivity contribution in [3.05, 3.63) is 36.0 Å². The quantitative estimate of drug-likeness (QED) is 0.648. The first kappa shape index (κ1) is 15.8. The average molecular weight is 335 g/mol. The zero-order valence-electron chi connectivity index (χ0n) is 12.9. The molecule has 1 N–H and O–H groups in total. The molecule has 7 nitrogen and oxygen atoms in total. The number of hydrogen-bond acceptors (Lipinski definition) is 6. The van der Waals surface area contributed by atoms with E-state index in [9.17, 15) is 4.79 Å². The molecular formula is C15H19N4O3S+. The van der Waals surface area contributed by atoms with Crippen LogP contribution in [0.15, 0.2) is 39.9 Å². The van der Waals surface area contributed by atoms with Crippen LogP contribution in [0, 0.1) is 6.92 Å². The van der Waals surface area contributed by atoms with Crippen molar-refractivity contribution in [3.8, 4) is 0 Å². The lowest BCUT2D eigenvalue weighted by molar-refractivity contribution is -0.759. The van der Waals surface area contributed by atoms with E-state index in [1.165, 1.54) is 17.3 Å². The van der Waals surface area contributed by atoms with Crippen LogP contribution in [-0.2, 0) is 9.53 Å². The molecule has 8 heteroatoms. The van der Waals surface area contributed by atoms with Crippen molar-refractivity contribution < 1.29 is 18.8 Å². The minimum absolute atomic E-state index is 0.124. The fraction of sp³-hybridized carbons (Fsp3) is 0.400. The molecule has 2 heterocycles. The van der Waals surface area contributed by atoms with Crippen LogP contribution in [0.2, 0.25) is 0 Å². The van der Waals surface area contributed by atoms with Gasteiger partial charge in [-0.2, -0.15) is 0 Å². The van der Waals surface area contributed by atoms with Gasteiger partial charge in [-0.15, -0.1) is 16.8 Å². The van der Waals surface area contributed by atoms with E-state index in [1.807, 2.05) is 36.2 Å². The molecule has 1 aromatic heterocycles. The van der Waals surface area contributed by atoms with Gasteiger partial charge in [0.05, 0.1) is 36.8 Å². The summed E-state index contributed by atoms with van der Waals surface area (Å²) >= 11 is 1.48. The van der Waals surface area contributed by atoms with E-state index >= 15 is 0 Å². The number of nitrogens with one attached hydrogen (secondary N) is 1. The first-order valence-electron chi connectivity index (χ1n) is 7.42.